The third kappa shape index (κ3) is 5.44. The van der Waals surface area contributed by atoms with Gasteiger partial charge in [-0.15, -0.1) is 0 Å². The third-order valence-corrected chi connectivity index (χ3v) is 7.71. The topological polar surface area (TPSA) is 106 Å². The van der Waals surface area contributed by atoms with Gasteiger partial charge < -0.3 is 9.84 Å². The van der Waals surface area contributed by atoms with Crippen molar-refractivity contribution in [3.8, 4) is 16.3 Å². The Morgan fingerprint density at radius 3 is 2.21 bits per heavy atom. The Bertz CT molecular complexity index is 1360. The number of hydrogen-bond acceptors (Lipinski definition) is 6. The number of carbonyl (C=O) groups is 1. The number of benzene rings is 3. The van der Waals surface area contributed by atoms with Crippen molar-refractivity contribution < 1.29 is 23.1 Å². The number of ether oxygens (including phenoxy) is 1. The van der Waals surface area contributed by atoms with Gasteiger partial charge in [0.15, 0.2) is 0 Å². The molecule has 7 nitrogen and oxygen atoms in total. The Labute approximate surface area is 202 Å². The van der Waals surface area contributed by atoms with Gasteiger partial charge in [-0.2, -0.15) is 4.72 Å². The monoisotopic (exact) mass is 496 g/mol. The molecule has 0 aliphatic rings. The highest BCUT2D eigenvalue weighted by Gasteiger charge is 2.27. The highest BCUT2D eigenvalue weighted by molar-refractivity contribution is 7.89. The molecule has 4 aromatic rings. The van der Waals surface area contributed by atoms with E-state index in [2.05, 4.69) is 9.71 Å². The second-order valence-electron chi connectivity index (χ2n) is 8.14. The molecule has 1 unspecified atom stereocenters. The summed E-state index contributed by atoms with van der Waals surface area (Å²) in [6.07, 6.45) is 0. The van der Waals surface area contributed by atoms with Crippen LogP contribution in [0.1, 0.15) is 19.4 Å². The number of carboxylic acids is 1. The molecule has 176 valence electrons. The first-order valence-corrected chi connectivity index (χ1v) is 13.0. The van der Waals surface area contributed by atoms with E-state index in [-0.39, 0.29) is 10.8 Å². The predicted octanol–water partition coefficient (Wildman–Crippen LogP) is 4.93. The van der Waals surface area contributed by atoms with Crippen molar-refractivity contribution in [1.82, 2.24) is 9.71 Å². The molecule has 0 saturated carbocycles. The quantitative estimate of drug-likeness (QED) is 0.340. The number of fused-ring (bicyclic) bond motifs is 1. The van der Waals surface area contributed by atoms with Crippen LogP contribution in [0.2, 0.25) is 0 Å². The second-order valence-corrected chi connectivity index (χ2v) is 10.8. The minimum Gasteiger partial charge on any atom is -0.480 e. The maximum atomic E-state index is 12.6. The lowest BCUT2D eigenvalue weighted by Gasteiger charge is -2.18. The average Bonchev–Trinajstić information content (AvgIpc) is 3.24. The molecule has 0 aliphatic heterocycles. The van der Waals surface area contributed by atoms with E-state index in [1.54, 1.807) is 26.0 Å². The van der Waals surface area contributed by atoms with Gasteiger partial charge in [0.2, 0.25) is 10.0 Å². The number of para-hydroxylation sites is 1. The molecule has 0 aliphatic carbocycles. The predicted molar refractivity (Wildman–Crippen MR) is 132 cm³/mol. The van der Waals surface area contributed by atoms with E-state index in [0.717, 1.165) is 26.9 Å². The van der Waals surface area contributed by atoms with Crippen LogP contribution in [0.15, 0.2) is 77.7 Å². The van der Waals surface area contributed by atoms with E-state index in [0.29, 0.717) is 11.8 Å². The molecule has 0 saturated heterocycles. The number of aliphatic carboxylic acids is 1. The molecular weight excluding hydrogens is 472 g/mol. The Balaban J connectivity index is 1.42. The van der Waals surface area contributed by atoms with Crippen LogP contribution in [0.25, 0.3) is 21.3 Å². The van der Waals surface area contributed by atoms with Gasteiger partial charge >= 0.3 is 5.97 Å². The van der Waals surface area contributed by atoms with Gasteiger partial charge in [0.25, 0.3) is 5.19 Å². The van der Waals surface area contributed by atoms with Crippen LogP contribution in [-0.4, -0.2) is 30.5 Å². The zero-order valence-electron chi connectivity index (χ0n) is 18.6. The van der Waals surface area contributed by atoms with Crippen molar-refractivity contribution in [1.29, 1.82) is 0 Å². The molecule has 0 fully saturated rings. The fourth-order valence-corrected chi connectivity index (χ4v) is 5.54. The zero-order valence-corrected chi connectivity index (χ0v) is 20.3. The van der Waals surface area contributed by atoms with Crippen LogP contribution < -0.4 is 9.46 Å². The normalized spacial score (nSPS) is 12.7. The Morgan fingerprint density at radius 2 is 1.62 bits per heavy atom. The summed E-state index contributed by atoms with van der Waals surface area (Å²) >= 11 is 1.51. The maximum absolute atomic E-state index is 12.6. The first kappa shape index (κ1) is 23.9. The van der Waals surface area contributed by atoms with Gasteiger partial charge in [0.05, 0.1) is 15.1 Å². The number of rotatable bonds is 9. The van der Waals surface area contributed by atoms with E-state index < -0.39 is 22.0 Å². The largest absolute Gasteiger partial charge is 0.480 e. The van der Waals surface area contributed by atoms with Crippen molar-refractivity contribution in [2.45, 2.75) is 31.4 Å². The fraction of sp³-hybridized carbons (Fsp3) is 0.200. The molecule has 2 N–H and O–H groups in total. The highest BCUT2D eigenvalue weighted by atomic mass is 32.2. The number of nitrogens with one attached hydrogen (secondary N) is 1. The van der Waals surface area contributed by atoms with Crippen molar-refractivity contribution in [2.75, 3.05) is 0 Å². The smallest absolute Gasteiger partial charge is 0.322 e. The SMILES string of the molecule is CC(C)C(NS(=O)(=O)c1ccc(-c2ccc(COc3nc4ccccc4s3)cc2)cc1)C(=O)O. The molecule has 3 aromatic carbocycles. The summed E-state index contributed by atoms with van der Waals surface area (Å²) in [4.78, 5) is 15.8. The fourth-order valence-electron chi connectivity index (χ4n) is 3.38. The lowest BCUT2D eigenvalue weighted by molar-refractivity contribution is -0.140. The summed E-state index contributed by atoms with van der Waals surface area (Å²) in [6.45, 7) is 3.69. The molecule has 0 spiro atoms. The van der Waals surface area contributed by atoms with Gasteiger partial charge in [0.1, 0.15) is 12.6 Å². The number of thiazole rings is 1. The van der Waals surface area contributed by atoms with Gasteiger partial charge in [-0.3, -0.25) is 4.79 Å². The van der Waals surface area contributed by atoms with Crippen LogP contribution in [0.5, 0.6) is 5.19 Å². The molecular formula is C25H24N2O5S2. The van der Waals surface area contributed by atoms with Crippen molar-refractivity contribution in [3.05, 3.63) is 78.4 Å². The third-order valence-electron chi connectivity index (χ3n) is 5.30. The molecule has 0 bridgehead atoms. The molecule has 34 heavy (non-hydrogen) atoms. The lowest BCUT2D eigenvalue weighted by atomic mass is 10.0. The van der Waals surface area contributed by atoms with Crippen molar-refractivity contribution in [2.24, 2.45) is 5.92 Å². The molecule has 4 rings (SSSR count). The van der Waals surface area contributed by atoms with Crippen LogP contribution in [0, 0.1) is 5.92 Å². The van der Waals surface area contributed by atoms with Crippen molar-refractivity contribution >= 4 is 37.5 Å². The number of sulfonamides is 1. The number of hydrogen-bond donors (Lipinski definition) is 2. The zero-order chi connectivity index (χ0) is 24.3. The summed E-state index contributed by atoms with van der Waals surface area (Å²) in [6, 6.07) is 20.8. The standard InChI is InChI=1S/C25H24N2O5S2/c1-16(2)23(24(28)29)27-34(30,31)20-13-11-19(12-14-20)18-9-7-17(8-10-18)15-32-25-26-21-5-3-4-6-22(21)33-25/h3-14,16,23,27H,15H2,1-2H3,(H,28,29). The van der Waals surface area contributed by atoms with Gasteiger partial charge in [0, 0.05) is 0 Å². The van der Waals surface area contributed by atoms with Gasteiger partial charge in [-0.1, -0.05) is 73.7 Å². The number of aromatic nitrogens is 1. The van der Waals surface area contributed by atoms with E-state index in [4.69, 9.17) is 4.74 Å². The van der Waals surface area contributed by atoms with Crippen LogP contribution in [-0.2, 0) is 21.4 Å². The first-order valence-electron chi connectivity index (χ1n) is 10.7. The van der Waals surface area contributed by atoms with Gasteiger partial charge in [-0.05, 0) is 46.9 Å². The lowest BCUT2D eigenvalue weighted by Crippen LogP contribution is -2.44. The van der Waals surface area contributed by atoms with E-state index in [1.165, 1.54) is 23.5 Å². The molecule has 1 aromatic heterocycles. The molecule has 9 heteroatoms. The summed E-state index contributed by atoms with van der Waals surface area (Å²) in [5, 5.41) is 9.89. The van der Waals surface area contributed by atoms with Crippen LogP contribution >= 0.6 is 11.3 Å². The second kappa shape index (κ2) is 9.92. The molecule has 0 amide bonds. The number of nitrogens with zero attached hydrogens (tertiary/aromatic N) is 1. The summed E-state index contributed by atoms with van der Waals surface area (Å²) in [5.74, 6) is -1.59. The maximum Gasteiger partial charge on any atom is 0.322 e. The summed E-state index contributed by atoms with van der Waals surface area (Å²) < 4.78 is 34.4. The Hall–Kier alpha value is -3.27. The Kier molecular flexibility index (Phi) is 6.97. The average molecular weight is 497 g/mol. The Morgan fingerprint density at radius 1 is 1.00 bits per heavy atom. The van der Waals surface area contributed by atoms with Gasteiger partial charge in [-0.25, -0.2) is 13.4 Å². The first-order chi connectivity index (χ1) is 16.2. The minimum atomic E-state index is -3.95. The van der Waals surface area contributed by atoms with Crippen molar-refractivity contribution in [3.63, 3.8) is 0 Å². The highest BCUT2D eigenvalue weighted by Crippen LogP contribution is 2.28. The summed E-state index contributed by atoms with van der Waals surface area (Å²) in [5.41, 5.74) is 3.67. The summed E-state index contributed by atoms with van der Waals surface area (Å²) in [7, 11) is -3.95. The minimum absolute atomic E-state index is 0.0176. The molecule has 1 atom stereocenters. The van der Waals surface area contributed by atoms with Crippen LogP contribution in [0.4, 0.5) is 0 Å². The van der Waals surface area contributed by atoms with Crippen LogP contribution in [0.3, 0.4) is 0 Å². The van der Waals surface area contributed by atoms with E-state index in [9.17, 15) is 18.3 Å². The molecule has 1 heterocycles. The van der Waals surface area contributed by atoms with E-state index in [1.807, 2.05) is 48.5 Å². The van der Waals surface area contributed by atoms with E-state index >= 15 is 0 Å². The number of carboxylic acid groups (broad SMARTS) is 1. The molecule has 0 radical (unpaired) electrons.